The Hall–Kier alpha value is -0.730. The van der Waals surface area contributed by atoms with Gasteiger partial charge in [0.2, 0.25) is 0 Å². The Bertz CT molecular complexity index is 547. The first-order valence-corrected chi connectivity index (χ1v) is 6.97. The number of furan rings is 1. The van der Waals surface area contributed by atoms with Crippen LogP contribution in [0.5, 0.6) is 0 Å². The molecule has 3 heteroatoms. The quantitative estimate of drug-likeness (QED) is 0.722. The Balaban J connectivity index is 1.97. The average Bonchev–Trinajstić information content (AvgIpc) is 2.95. The zero-order valence-electron chi connectivity index (χ0n) is 9.25. The monoisotopic (exact) mass is 310 g/mol. The van der Waals surface area contributed by atoms with Crippen LogP contribution in [0.15, 0.2) is 39.6 Å². The maximum absolute atomic E-state index is 6.49. The Morgan fingerprint density at radius 1 is 1.18 bits per heavy atom. The molecule has 0 N–H and O–H groups in total. The van der Waals surface area contributed by atoms with Gasteiger partial charge in [-0.2, -0.15) is 0 Å². The molecule has 88 valence electrons. The van der Waals surface area contributed by atoms with Gasteiger partial charge in [0.1, 0.15) is 0 Å². The topological polar surface area (TPSA) is 13.1 Å². The lowest BCUT2D eigenvalue weighted by molar-refractivity contribution is 0.537. The van der Waals surface area contributed by atoms with Gasteiger partial charge < -0.3 is 4.42 Å². The number of alkyl halides is 1. The average molecular weight is 312 g/mol. The van der Waals surface area contributed by atoms with E-state index in [1.165, 1.54) is 30.4 Å². The van der Waals surface area contributed by atoms with Crippen LogP contribution in [0, 0.1) is 0 Å². The van der Waals surface area contributed by atoms with Crippen molar-refractivity contribution in [3.05, 3.63) is 57.5 Å². The van der Waals surface area contributed by atoms with Gasteiger partial charge in [-0.3, -0.25) is 0 Å². The zero-order chi connectivity index (χ0) is 11.8. The number of halogens is 2. The first-order valence-electron chi connectivity index (χ1n) is 5.74. The summed E-state index contributed by atoms with van der Waals surface area (Å²) >= 11 is 9.87. The van der Waals surface area contributed by atoms with E-state index in [0.29, 0.717) is 0 Å². The van der Waals surface area contributed by atoms with Crippen LogP contribution < -0.4 is 0 Å². The highest BCUT2D eigenvalue weighted by molar-refractivity contribution is 9.10. The molecule has 1 aliphatic rings. The van der Waals surface area contributed by atoms with Crippen LogP contribution in [0.4, 0.5) is 0 Å². The molecule has 1 atom stereocenters. The van der Waals surface area contributed by atoms with E-state index in [9.17, 15) is 0 Å². The summed E-state index contributed by atoms with van der Waals surface area (Å²) in [6, 6.07) is 8.48. The number of hydrogen-bond donors (Lipinski definition) is 0. The molecule has 0 radical (unpaired) electrons. The van der Waals surface area contributed by atoms with Crippen LogP contribution in [-0.4, -0.2) is 0 Å². The summed E-state index contributed by atoms with van der Waals surface area (Å²) < 4.78 is 5.95. The van der Waals surface area contributed by atoms with Crippen molar-refractivity contribution in [2.75, 3.05) is 0 Å². The lowest BCUT2D eigenvalue weighted by atomic mass is 10.0. The summed E-state index contributed by atoms with van der Waals surface area (Å²) in [6.45, 7) is 0. The highest BCUT2D eigenvalue weighted by atomic mass is 79.9. The molecule has 17 heavy (non-hydrogen) atoms. The third-order valence-electron chi connectivity index (χ3n) is 3.33. The predicted molar refractivity (Wildman–Crippen MR) is 72.6 cm³/mol. The minimum atomic E-state index is -0.144. The van der Waals surface area contributed by atoms with E-state index >= 15 is 0 Å². The van der Waals surface area contributed by atoms with E-state index in [2.05, 4.69) is 34.1 Å². The van der Waals surface area contributed by atoms with Crippen LogP contribution in [0.1, 0.15) is 34.1 Å². The van der Waals surface area contributed by atoms with Gasteiger partial charge in [0, 0.05) is 5.56 Å². The second kappa shape index (κ2) is 4.51. The maximum Gasteiger partial charge on any atom is 0.173 e. The standard InChI is InChI=1S/C14H12BrClO/c15-14-12(6-7-17-14)13(16)11-5-4-9-2-1-3-10(9)8-11/h4-8,13H,1-3H2. The fourth-order valence-corrected chi connectivity index (χ4v) is 3.32. The van der Waals surface area contributed by atoms with Gasteiger partial charge in [0.05, 0.1) is 11.6 Å². The molecule has 1 aromatic carbocycles. The number of benzene rings is 1. The van der Waals surface area contributed by atoms with E-state index in [1.807, 2.05) is 6.07 Å². The second-order valence-electron chi connectivity index (χ2n) is 4.39. The third-order valence-corrected chi connectivity index (χ3v) is 4.47. The Labute approximate surface area is 114 Å². The largest absolute Gasteiger partial charge is 0.457 e. The summed E-state index contributed by atoms with van der Waals surface area (Å²) in [4.78, 5) is 0. The van der Waals surface area contributed by atoms with Crippen molar-refractivity contribution in [2.45, 2.75) is 24.6 Å². The fraction of sp³-hybridized carbons (Fsp3) is 0.286. The third kappa shape index (κ3) is 2.04. The van der Waals surface area contributed by atoms with Gasteiger partial charge in [0.25, 0.3) is 0 Å². The molecule has 3 rings (SSSR count). The summed E-state index contributed by atoms with van der Waals surface area (Å²) in [5, 5.41) is -0.144. The first-order chi connectivity index (χ1) is 8.25. The summed E-state index contributed by atoms with van der Waals surface area (Å²) in [5.41, 5.74) is 5.07. The molecule has 0 amide bonds. The van der Waals surface area contributed by atoms with Gasteiger partial charge in [-0.25, -0.2) is 0 Å². The summed E-state index contributed by atoms with van der Waals surface area (Å²) in [7, 11) is 0. The lowest BCUT2D eigenvalue weighted by Crippen LogP contribution is -1.94. The number of fused-ring (bicyclic) bond motifs is 1. The van der Waals surface area contributed by atoms with Crippen molar-refractivity contribution in [3.63, 3.8) is 0 Å². The van der Waals surface area contributed by atoms with Crippen LogP contribution in [0.2, 0.25) is 0 Å². The number of rotatable bonds is 2. The van der Waals surface area contributed by atoms with Crippen molar-refractivity contribution in [1.82, 2.24) is 0 Å². The molecule has 1 unspecified atom stereocenters. The van der Waals surface area contributed by atoms with Crippen molar-refractivity contribution in [2.24, 2.45) is 0 Å². The fourth-order valence-electron chi connectivity index (χ4n) is 2.41. The maximum atomic E-state index is 6.49. The zero-order valence-corrected chi connectivity index (χ0v) is 11.6. The van der Waals surface area contributed by atoms with E-state index in [0.717, 1.165) is 15.8 Å². The Morgan fingerprint density at radius 2 is 2.00 bits per heavy atom. The van der Waals surface area contributed by atoms with E-state index < -0.39 is 0 Å². The van der Waals surface area contributed by atoms with E-state index in [-0.39, 0.29) is 5.38 Å². The van der Waals surface area contributed by atoms with E-state index in [1.54, 1.807) is 6.26 Å². The van der Waals surface area contributed by atoms with Crippen LogP contribution in [0.25, 0.3) is 0 Å². The molecule has 0 aliphatic heterocycles. The van der Waals surface area contributed by atoms with E-state index in [4.69, 9.17) is 16.0 Å². The predicted octanol–water partition coefficient (Wildman–Crippen LogP) is 4.86. The SMILES string of the molecule is ClC(c1ccc2c(c1)CCC2)c1ccoc1Br. The second-order valence-corrected chi connectivity index (χ2v) is 5.55. The summed E-state index contributed by atoms with van der Waals surface area (Å²) in [6.07, 6.45) is 5.31. The smallest absolute Gasteiger partial charge is 0.173 e. The molecule has 1 nitrogen and oxygen atoms in total. The first kappa shape index (κ1) is 11.4. The van der Waals surface area contributed by atoms with Gasteiger partial charge in [-0.15, -0.1) is 11.6 Å². The molecule has 1 aromatic heterocycles. The van der Waals surface area contributed by atoms with Gasteiger partial charge >= 0.3 is 0 Å². The molecular weight excluding hydrogens is 300 g/mol. The Morgan fingerprint density at radius 3 is 2.76 bits per heavy atom. The molecular formula is C14H12BrClO. The highest BCUT2D eigenvalue weighted by Gasteiger charge is 2.18. The molecule has 1 aliphatic carbocycles. The van der Waals surface area contributed by atoms with Crippen molar-refractivity contribution < 1.29 is 4.42 Å². The van der Waals surface area contributed by atoms with Gasteiger partial charge in [-0.05, 0) is 57.9 Å². The number of hydrogen-bond acceptors (Lipinski definition) is 1. The Kier molecular flexibility index (Phi) is 3.01. The molecule has 1 heterocycles. The van der Waals surface area contributed by atoms with Crippen molar-refractivity contribution in [3.8, 4) is 0 Å². The number of aryl methyl sites for hydroxylation is 2. The van der Waals surface area contributed by atoms with Crippen LogP contribution in [0.3, 0.4) is 0 Å². The minimum Gasteiger partial charge on any atom is -0.457 e. The molecule has 0 fully saturated rings. The molecule has 0 saturated heterocycles. The molecule has 0 saturated carbocycles. The summed E-state index contributed by atoms with van der Waals surface area (Å²) in [5.74, 6) is 0. The van der Waals surface area contributed by atoms with Gasteiger partial charge in [-0.1, -0.05) is 18.2 Å². The van der Waals surface area contributed by atoms with Gasteiger partial charge in [0.15, 0.2) is 4.67 Å². The molecule has 2 aromatic rings. The highest BCUT2D eigenvalue weighted by Crippen LogP contribution is 2.36. The molecule has 0 spiro atoms. The van der Waals surface area contributed by atoms with Crippen molar-refractivity contribution in [1.29, 1.82) is 0 Å². The lowest BCUT2D eigenvalue weighted by Gasteiger charge is -2.10. The normalized spacial score (nSPS) is 15.9. The van der Waals surface area contributed by atoms with Crippen molar-refractivity contribution >= 4 is 27.5 Å². The van der Waals surface area contributed by atoms with Crippen LogP contribution >= 0.6 is 27.5 Å². The minimum absolute atomic E-state index is 0.144. The molecule has 0 bridgehead atoms. The van der Waals surface area contributed by atoms with Crippen LogP contribution in [-0.2, 0) is 12.8 Å².